The van der Waals surface area contributed by atoms with Crippen molar-refractivity contribution in [3.8, 4) is 0 Å². The monoisotopic (exact) mass is 309 g/mol. The highest BCUT2D eigenvalue weighted by molar-refractivity contribution is 5.57. The molecule has 10 heteroatoms. The molecule has 1 rings (SSSR count). The first-order valence-corrected chi connectivity index (χ1v) is 5.94. The second-order valence-corrected chi connectivity index (χ2v) is 4.25. The van der Waals surface area contributed by atoms with Gasteiger partial charge in [0.2, 0.25) is 5.82 Å². The Kier molecular flexibility index (Phi) is 5.85. The molecule has 0 aliphatic rings. The molecule has 1 aromatic rings. The lowest BCUT2D eigenvalue weighted by atomic mass is 10.2. The van der Waals surface area contributed by atoms with Crippen LogP contribution in [0.4, 0.5) is 24.7 Å². The van der Waals surface area contributed by atoms with Crippen LogP contribution in [0.2, 0.25) is 0 Å². The van der Waals surface area contributed by atoms with Gasteiger partial charge in [0.25, 0.3) is 0 Å². The van der Waals surface area contributed by atoms with Gasteiger partial charge in [0.05, 0.1) is 24.1 Å². The van der Waals surface area contributed by atoms with E-state index in [-0.39, 0.29) is 5.82 Å². The quantitative estimate of drug-likeness (QED) is 0.578. The molecule has 0 saturated heterocycles. The summed E-state index contributed by atoms with van der Waals surface area (Å²) in [4.78, 5) is 14.8. The highest BCUT2D eigenvalue weighted by Gasteiger charge is 2.30. The van der Waals surface area contributed by atoms with Crippen molar-refractivity contribution in [3.63, 3.8) is 0 Å². The van der Waals surface area contributed by atoms with Crippen molar-refractivity contribution in [2.75, 3.05) is 24.6 Å². The first-order chi connectivity index (χ1) is 9.74. The molecule has 0 radical (unpaired) electrons. The first kappa shape index (κ1) is 17.1. The summed E-state index contributed by atoms with van der Waals surface area (Å²) in [6, 6.07) is 2.39. The smallest absolute Gasteiger partial charge is 0.390 e. The maximum Gasteiger partial charge on any atom is 0.390 e. The molecule has 2 N–H and O–H groups in total. The molecule has 1 atom stereocenters. The SMILES string of the molecule is O=[N+]([O-])c1cccnc1N(CCC(F)(F)F)C[C@H](O)CO. The number of aromatic nitrogens is 1. The summed E-state index contributed by atoms with van der Waals surface area (Å²) in [7, 11) is 0. The molecule has 1 aromatic heterocycles. The molecule has 0 aliphatic carbocycles. The fourth-order valence-corrected chi connectivity index (χ4v) is 1.63. The van der Waals surface area contributed by atoms with Crippen molar-refractivity contribution < 1.29 is 28.3 Å². The second-order valence-electron chi connectivity index (χ2n) is 4.25. The van der Waals surface area contributed by atoms with Gasteiger partial charge in [0.1, 0.15) is 0 Å². The normalized spacial score (nSPS) is 13.0. The zero-order valence-electron chi connectivity index (χ0n) is 10.8. The van der Waals surface area contributed by atoms with E-state index < -0.39 is 49.0 Å². The number of nitro groups is 1. The van der Waals surface area contributed by atoms with Crippen LogP contribution in [0, 0.1) is 10.1 Å². The van der Waals surface area contributed by atoms with E-state index in [1.165, 1.54) is 12.3 Å². The average molecular weight is 309 g/mol. The van der Waals surface area contributed by atoms with Gasteiger partial charge in [0, 0.05) is 25.4 Å². The average Bonchev–Trinajstić information content (AvgIpc) is 2.42. The number of aliphatic hydroxyl groups excluding tert-OH is 2. The molecular weight excluding hydrogens is 295 g/mol. The van der Waals surface area contributed by atoms with Crippen LogP contribution in [0.15, 0.2) is 18.3 Å². The number of anilines is 1. The predicted molar refractivity (Wildman–Crippen MR) is 66.9 cm³/mol. The summed E-state index contributed by atoms with van der Waals surface area (Å²) >= 11 is 0. The third-order valence-electron chi connectivity index (χ3n) is 2.57. The topological polar surface area (TPSA) is 99.7 Å². The molecular formula is C11H14F3N3O4. The van der Waals surface area contributed by atoms with Crippen LogP contribution in [0.3, 0.4) is 0 Å². The van der Waals surface area contributed by atoms with E-state index in [0.717, 1.165) is 11.0 Å². The van der Waals surface area contributed by atoms with Crippen LogP contribution in [0.1, 0.15) is 6.42 Å². The molecule has 0 bridgehead atoms. The van der Waals surface area contributed by atoms with E-state index in [0.29, 0.717) is 0 Å². The zero-order chi connectivity index (χ0) is 16.0. The number of rotatable bonds is 7. The third-order valence-corrected chi connectivity index (χ3v) is 2.57. The lowest BCUT2D eigenvalue weighted by molar-refractivity contribution is -0.384. The molecule has 0 fully saturated rings. The van der Waals surface area contributed by atoms with Crippen molar-refractivity contribution >= 4 is 11.5 Å². The Morgan fingerprint density at radius 1 is 1.48 bits per heavy atom. The summed E-state index contributed by atoms with van der Waals surface area (Å²) in [6.45, 7) is -1.69. The summed E-state index contributed by atoms with van der Waals surface area (Å²) < 4.78 is 37.0. The Morgan fingerprint density at radius 2 is 2.14 bits per heavy atom. The molecule has 118 valence electrons. The minimum atomic E-state index is -4.45. The van der Waals surface area contributed by atoms with Gasteiger partial charge in [-0.25, -0.2) is 4.98 Å². The van der Waals surface area contributed by atoms with Gasteiger partial charge < -0.3 is 15.1 Å². The molecule has 0 saturated carbocycles. The number of halogens is 3. The Bertz CT molecular complexity index is 484. The highest BCUT2D eigenvalue weighted by Crippen LogP contribution is 2.27. The van der Waals surface area contributed by atoms with Gasteiger partial charge in [-0.2, -0.15) is 13.2 Å². The fraction of sp³-hybridized carbons (Fsp3) is 0.545. The van der Waals surface area contributed by atoms with E-state index >= 15 is 0 Å². The Labute approximate surface area is 117 Å². The Morgan fingerprint density at radius 3 is 2.67 bits per heavy atom. The fourth-order valence-electron chi connectivity index (χ4n) is 1.63. The van der Waals surface area contributed by atoms with Crippen LogP contribution < -0.4 is 4.90 Å². The van der Waals surface area contributed by atoms with Gasteiger partial charge in [0.15, 0.2) is 0 Å². The molecule has 0 aromatic carbocycles. The van der Waals surface area contributed by atoms with Crippen LogP contribution in [0.5, 0.6) is 0 Å². The van der Waals surface area contributed by atoms with Crippen molar-refractivity contribution in [2.45, 2.75) is 18.7 Å². The number of pyridine rings is 1. The highest BCUT2D eigenvalue weighted by atomic mass is 19.4. The third kappa shape index (κ3) is 5.52. The molecule has 0 spiro atoms. The van der Waals surface area contributed by atoms with Crippen molar-refractivity contribution in [3.05, 3.63) is 28.4 Å². The van der Waals surface area contributed by atoms with Crippen LogP contribution in [0.25, 0.3) is 0 Å². The summed E-state index contributed by atoms with van der Waals surface area (Å²) in [5.74, 6) is -0.278. The van der Waals surface area contributed by atoms with E-state index in [1.807, 2.05) is 0 Å². The Balaban J connectivity index is 3.02. The lowest BCUT2D eigenvalue weighted by Crippen LogP contribution is -2.37. The van der Waals surface area contributed by atoms with Crippen LogP contribution in [-0.4, -0.2) is 52.1 Å². The number of hydrogen-bond donors (Lipinski definition) is 2. The van der Waals surface area contributed by atoms with E-state index in [9.17, 15) is 28.4 Å². The van der Waals surface area contributed by atoms with Gasteiger partial charge >= 0.3 is 11.9 Å². The summed E-state index contributed by atoms with van der Waals surface area (Å²) in [5.41, 5.74) is -0.468. The van der Waals surface area contributed by atoms with E-state index in [2.05, 4.69) is 4.98 Å². The standard InChI is InChI=1S/C11H14F3N3O4/c12-11(13,14)3-5-16(6-8(19)7-18)10-9(17(20)21)2-1-4-15-10/h1-2,4,8,18-19H,3,5-7H2/t8-/m0/s1. The van der Waals surface area contributed by atoms with Crippen LogP contribution in [-0.2, 0) is 0 Å². The van der Waals surface area contributed by atoms with E-state index in [1.54, 1.807) is 0 Å². The Hall–Kier alpha value is -1.94. The number of hydrogen-bond acceptors (Lipinski definition) is 6. The number of nitrogens with zero attached hydrogens (tertiary/aromatic N) is 3. The van der Waals surface area contributed by atoms with Crippen LogP contribution >= 0.6 is 0 Å². The summed E-state index contributed by atoms with van der Waals surface area (Å²) in [5, 5.41) is 29.0. The molecule has 0 aliphatic heterocycles. The summed E-state index contributed by atoms with van der Waals surface area (Å²) in [6.07, 6.45) is -5.81. The van der Waals surface area contributed by atoms with Crippen molar-refractivity contribution in [2.24, 2.45) is 0 Å². The maximum absolute atomic E-state index is 12.3. The van der Waals surface area contributed by atoms with Crippen molar-refractivity contribution in [1.29, 1.82) is 0 Å². The predicted octanol–water partition coefficient (Wildman–Crippen LogP) is 1.10. The zero-order valence-corrected chi connectivity index (χ0v) is 10.8. The van der Waals surface area contributed by atoms with Gasteiger partial charge in [-0.15, -0.1) is 0 Å². The second kappa shape index (κ2) is 7.18. The van der Waals surface area contributed by atoms with Crippen molar-refractivity contribution in [1.82, 2.24) is 4.98 Å². The number of aliphatic hydroxyl groups is 2. The molecule has 0 amide bonds. The molecule has 0 unspecified atom stereocenters. The van der Waals surface area contributed by atoms with Gasteiger partial charge in [-0.05, 0) is 6.07 Å². The van der Waals surface area contributed by atoms with Gasteiger partial charge in [-0.3, -0.25) is 10.1 Å². The first-order valence-electron chi connectivity index (χ1n) is 5.94. The molecule has 21 heavy (non-hydrogen) atoms. The largest absolute Gasteiger partial charge is 0.394 e. The maximum atomic E-state index is 12.3. The minimum absolute atomic E-state index is 0.278. The molecule has 1 heterocycles. The number of alkyl halides is 3. The van der Waals surface area contributed by atoms with E-state index in [4.69, 9.17) is 5.11 Å². The molecule has 7 nitrogen and oxygen atoms in total. The van der Waals surface area contributed by atoms with Gasteiger partial charge in [-0.1, -0.05) is 0 Å². The lowest BCUT2D eigenvalue weighted by Gasteiger charge is -2.25. The minimum Gasteiger partial charge on any atom is -0.394 e.